The van der Waals surface area contributed by atoms with E-state index in [1.807, 2.05) is 6.92 Å². The van der Waals surface area contributed by atoms with Gasteiger partial charge < -0.3 is 4.74 Å². The molecule has 1 aromatic carbocycles. The van der Waals surface area contributed by atoms with Gasteiger partial charge in [-0.25, -0.2) is 4.39 Å². The predicted molar refractivity (Wildman–Crippen MR) is 70.4 cm³/mol. The van der Waals surface area contributed by atoms with Crippen molar-refractivity contribution in [3.8, 4) is 23.1 Å². The standard InChI is InChI=1S/C15H13FN2O/c1-9-6-14(18-10(2)13(9)8-17)12-7-11(16)4-5-15(12)19-3/h4-7H,1-3H3. The van der Waals surface area contributed by atoms with E-state index >= 15 is 0 Å². The number of halogens is 1. The van der Waals surface area contributed by atoms with Crippen molar-refractivity contribution in [2.75, 3.05) is 7.11 Å². The normalized spacial score (nSPS) is 10.1. The Morgan fingerprint density at radius 3 is 2.58 bits per heavy atom. The van der Waals surface area contributed by atoms with Gasteiger partial charge >= 0.3 is 0 Å². The summed E-state index contributed by atoms with van der Waals surface area (Å²) in [6, 6.07) is 8.17. The molecule has 0 spiro atoms. The number of ether oxygens (including phenoxy) is 1. The third kappa shape index (κ3) is 2.41. The number of nitrogens with zero attached hydrogens (tertiary/aromatic N) is 2. The highest BCUT2D eigenvalue weighted by Gasteiger charge is 2.12. The number of aryl methyl sites for hydroxylation is 2. The van der Waals surface area contributed by atoms with Crippen LogP contribution in [0, 0.1) is 31.0 Å². The second-order valence-corrected chi connectivity index (χ2v) is 4.24. The van der Waals surface area contributed by atoms with E-state index in [9.17, 15) is 4.39 Å². The lowest BCUT2D eigenvalue weighted by molar-refractivity contribution is 0.415. The van der Waals surface area contributed by atoms with Crippen LogP contribution in [-0.2, 0) is 0 Å². The number of methoxy groups -OCH3 is 1. The highest BCUT2D eigenvalue weighted by Crippen LogP contribution is 2.30. The molecule has 1 aromatic heterocycles. The van der Waals surface area contributed by atoms with E-state index in [0.29, 0.717) is 28.3 Å². The number of nitriles is 1. The lowest BCUT2D eigenvalue weighted by Crippen LogP contribution is -1.97. The molecule has 2 aromatic rings. The SMILES string of the molecule is COc1ccc(F)cc1-c1cc(C)c(C#N)c(C)n1. The molecule has 1 heterocycles. The van der Waals surface area contributed by atoms with Crippen molar-refractivity contribution in [2.24, 2.45) is 0 Å². The van der Waals surface area contributed by atoms with Crippen LogP contribution in [0.25, 0.3) is 11.3 Å². The Labute approximate surface area is 111 Å². The first kappa shape index (κ1) is 13.0. The van der Waals surface area contributed by atoms with Crippen molar-refractivity contribution in [3.05, 3.63) is 46.9 Å². The molecule has 96 valence electrons. The Morgan fingerprint density at radius 2 is 2.00 bits per heavy atom. The van der Waals surface area contributed by atoms with E-state index in [0.717, 1.165) is 5.56 Å². The second-order valence-electron chi connectivity index (χ2n) is 4.24. The molecule has 0 atom stereocenters. The van der Waals surface area contributed by atoms with Crippen LogP contribution >= 0.6 is 0 Å². The molecule has 0 radical (unpaired) electrons. The zero-order chi connectivity index (χ0) is 14.0. The molecule has 0 saturated carbocycles. The molecular formula is C15H13FN2O. The lowest BCUT2D eigenvalue weighted by Gasteiger charge is -2.10. The fourth-order valence-corrected chi connectivity index (χ4v) is 2.02. The van der Waals surface area contributed by atoms with Crippen LogP contribution in [0.1, 0.15) is 16.8 Å². The van der Waals surface area contributed by atoms with Crippen LogP contribution in [-0.4, -0.2) is 12.1 Å². The molecule has 0 aliphatic heterocycles. The third-order valence-electron chi connectivity index (χ3n) is 2.95. The fourth-order valence-electron chi connectivity index (χ4n) is 2.02. The van der Waals surface area contributed by atoms with E-state index in [1.54, 1.807) is 19.1 Å². The summed E-state index contributed by atoms with van der Waals surface area (Å²) in [5, 5.41) is 9.03. The Kier molecular flexibility index (Phi) is 3.48. The summed E-state index contributed by atoms with van der Waals surface area (Å²) in [5.74, 6) is 0.203. The van der Waals surface area contributed by atoms with Crippen molar-refractivity contribution in [2.45, 2.75) is 13.8 Å². The van der Waals surface area contributed by atoms with Gasteiger partial charge in [-0.15, -0.1) is 0 Å². The summed E-state index contributed by atoms with van der Waals surface area (Å²) >= 11 is 0. The van der Waals surface area contributed by atoms with Gasteiger partial charge in [0.1, 0.15) is 17.6 Å². The van der Waals surface area contributed by atoms with Crippen molar-refractivity contribution >= 4 is 0 Å². The first-order valence-corrected chi connectivity index (χ1v) is 5.79. The molecule has 19 heavy (non-hydrogen) atoms. The van der Waals surface area contributed by atoms with E-state index in [2.05, 4.69) is 11.1 Å². The molecular weight excluding hydrogens is 243 g/mol. The van der Waals surface area contributed by atoms with E-state index in [-0.39, 0.29) is 5.82 Å². The first-order chi connectivity index (χ1) is 9.06. The maximum atomic E-state index is 13.4. The fraction of sp³-hybridized carbons (Fsp3) is 0.200. The van der Waals surface area contributed by atoms with Crippen molar-refractivity contribution in [3.63, 3.8) is 0 Å². The van der Waals surface area contributed by atoms with Crippen LogP contribution in [0.4, 0.5) is 4.39 Å². The van der Waals surface area contributed by atoms with Gasteiger partial charge in [0.05, 0.1) is 24.1 Å². The minimum absolute atomic E-state index is 0.350. The van der Waals surface area contributed by atoms with Crippen LogP contribution in [0.2, 0.25) is 0 Å². The van der Waals surface area contributed by atoms with Gasteiger partial charge in [0.15, 0.2) is 0 Å². The largest absolute Gasteiger partial charge is 0.496 e. The number of hydrogen-bond donors (Lipinski definition) is 0. The Balaban J connectivity index is 2.66. The van der Waals surface area contributed by atoms with E-state index < -0.39 is 0 Å². The van der Waals surface area contributed by atoms with Gasteiger partial charge in [-0.05, 0) is 43.7 Å². The van der Waals surface area contributed by atoms with Gasteiger partial charge in [0.25, 0.3) is 0 Å². The topological polar surface area (TPSA) is 45.9 Å². The number of benzene rings is 1. The maximum Gasteiger partial charge on any atom is 0.128 e. The smallest absolute Gasteiger partial charge is 0.128 e. The van der Waals surface area contributed by atoms with Crippen LogP contribution in [0.5, 0.6) is 5.75 Å². The molecule has 0 unspecified atom stereocenters. The molecule has 0 N–H and O–H groups in total. The summed E-state index contributed by atoms with van der Waals surface area (Å²) in [6.07, 6.45) is 0. The summed E-state index contributed by atoms with van der Waals surface area (Å²) < 4.78 is 18.6. The zero-order valence-electron chi connectivity index (χ0n) is 11.0. The van der Waals surface area contributed by atoms with Crippen LogP contribution < -0.4 is 4.74 Å². The predicted octanol–water partition coefficient (Wildman–Crippen LogP) is 3.38. The minimum Gasteiger partial charge on any atom is -0.496 e. The molecule has 0 bridgehead atoms. The first-order valence-electron chi connectivity index (χ1n) is 5.79. The number of rotatable bonds is 2. The molecule has 0 aliphatic rings. The highest BCUT2D eigenvalue weighted by atomic mass is 19.1. The van der Waals surface area contributed by atoms with Crippen molar-refractivity contribution in [1.82, 2.24) is 4.98 Å². The number of pyridine rings is 1. The molecule has 3 nitrogen and oxygen atoms in total. The van der Waals surface area contributed by atoms with Crippen molar-refractivity contribution < 1.29 is 9.13 Å². The van der Waals surface area contributed by atoms with Gasteiger partial charge in [-0.3, -0.25) is 4.98 Å². The molecule has 4 heteroatoms. The molecule has 0 aliphatic carbocycles. The van der Waals surface area contributed by atoms with Crippen molar-refractivity contribution in [1.29, 1.82) is 5.26 Å². The molecule has 2 rings (SSSR count). The average Bonchev–Trinajstić information content (AvgIpc) is 2.38. The average molecular weight is 256 g/mol. The molecule has 0 amide bonds. The van der Waals surface area contributed by atoms with E-state index in [4.69, 9.17) is 10.00 Å². The summed E-state index contributed by atoms with van der Waals surface area (Å²) in [4.78, 5) is 4.36. The Hall–Kier alpha value is -2.41. The maximum absolute atomic E-state index is 13.4. The van der Waals surface area contributed by atoms with Gasteiger partial charge in [0, 0.05) is 5.56 Å². The van der Waals surface area contributed by atoms with E-state index in [1.165, 1.54) is 19.2 Å². The highest BCUT2D eigenvalue weighted by molar-refractivity contribution is 5.69. The zero-order valence-corrected chi connectivity index (χ0v) is 11.0. The number of aromatic nitrogens is 1. The number of hydrogen-bond acceptors (Lipinski definition) is 3. The Morgan fingerprint density at radius 1 is 1.26 bits per heavy atom. The summed E-state index contributed by atoms with van der Waals surface area (Å²) in [7, 11) is 1.53. The third-order valence-corrected chi connectivity index (χ3v) is 2.95. The van der Waals surface area contributed by atoms with Gasteiger partial charge in [-0.2, -0.15) is 5.26 Å². The lowest BCUT2D eigenvalue weighted by atomic mass is 10.0. The van der Waals surface area contributed by atoms with Gasteiger partial charge in [-0.1, -0.05) is 0 Å². The Bertz CT molecular complexity index is 651. The minimum atomic E-state index is -0.350. The summed E-state index contributed by atoms with van der Waals surface area (Å²) in [6.45, 7) is 3.60. The quantitative estimate of drug-likeness (QED) is 0.827. The molecule has 0 saturated heterocycles. The monoisotopic (exact) mass is 256 g/mol. The van der Waals surface area contributed by atoms with Crippen LogP contribution in [0.15, 0.2) is 24.3 Å². The van der Waals surface area contributed by atoms with Gasteiger partial charge in [0.2, 0.25) is 0 Å². The summed E-state index contributed by atoms with van der Waals surface area (Å²) in [5.41, 5.74) is 3.18. The second kappa shape index (κ2) is 5.07. The molecule has 0 fully saturated rings. The van der Waals surface area contributed by atoms with Crippen LogP contribution in [0.3, 0.4) is 0 Å².